The Morgan fingerprint density at radius 2 is 1.75 bits per heavy atom. The fourth-order valence-electron chi connectivity index (χ4n) is 3.75. The summed E-state index contributed by atoms with van der Waals surface area (Å²) in [5.74, 6) is 0.129. The van der Waals surface area contributed by atoms with E-state index < -0.39 is 0 Å². The molecule has 5 nitrogen and oxygen atoms in total. The van der Waals surface area contributed by atoms with Crippen molar-refractivity contribution in [2.24, 2.45) is 5.92 Å². The van der Waals surface area contributed by atoms with Crippen LogP contribution in [0.2, 0.25) is 0 Å². The van der Waals surface area contributed by atoms with E-state index in [1.54, 1.807) is 4.90 Å². The molecule has 0 aromatic heterocycles. The highest BCUT2D eigenvalue weighted by Gasteiger charge is 2.36. The Morgan fingerprint density at radius 3 is 2.39 bits per heavy atom. The first kappa shape index (κ1) is 19.9. The van der Waals surface area contributed by atoms with Crippen LogP contribution in [0.25, 0.3) is 0 Å². The lowest BCUT2D eigenvalue weighted by atomic mass is 10.0. The molecular formula is C23H28N2O3. The van der Waals surface area contributed by atoms with Crippen molar-refractivity contribution in [1.29, 1.82) is 0 Å². The summed E-state index contributed by atoms with van der Waals surface area (Å²) in [6, 6.07) is 13.5. The number of hydrogen-bond donors (Lipinski definition) is 1. The summed E-state index contributed by atoms with van der Waals surface area (Å²) in [4.78, 5) is 27.4. The molecule has 1 atom stereocenters. The van der Waals surface area contributed by atoms with Gasteiger partial charge in [0.05, 0.1) is 18.2 Å². The maximum atomic E-state index is 12.9. The molecule has 28 heavy (non-hydrogen) atoms. The highest BCUT2D eigenvalue weighted by atomic mass is 16.5. The maximum Gasteiger partial charge on any atom is 0.229 e. The normalized spacial score (nSPS) is 16.3. The third-order valence-electron chi connectivity index (χ3n) is 5.18. The van der Waals surface area contributed by atoms with E-state index in [2.05, 4.69) is 31.3 Å². The summed E-state index contributed by atoms with van der Waals surface area (Å²) in [6.07, 6.45) is 1.93. The molecule has 1 aliphatic heterocycles. The van der Waals surface area contributed by atoms with Crippen molar-refractivity contribution < 1.29 is 14.3 Å². The zero-order valence-electron chi connectivity index (χ0n) is 16.8. The number of carbonyl (C=O) groups is 2. The lowest BCUT2D eigenvalue weighted by molar-refractivity contribution is -0.122. The van der Waals surface area contributed by atoms with Gasteiger partial charge in [0, 0.05) is 18.7 Å². The first-order valence-electron chi connectivity index (χ1n) is 10.0. The zero-order valence-corrected chi connectivity index (χ0v) is 16.8. The molecule has 0 bridgehead atoms. The topological polar surface area (TPSA) is 58.6 Å². The molecule has 0 spiro atoms. The molecule has 1 saturated heterocycles. The van der Waals surface area contributed by atoms with Gasteiger partial charge in [0.2, 0.25) is 11.8 Å². The molecule has 0 unspecified atom stereocenters. The van der Waals surface area contributed by atoms with Crippen LogP contribution < -0.4 is 15.0 Å². The van der Waals surface area contributed by atoms with E-state index >= 15 is 0 Å². The summed E-state index contributed by atoms with van der Waals surface area (Å²) >= 11 is 0. The summed E-state index contributed by atoms with van der Waals surface area (Å²) in [7, 11) is 0. The molecule has 1 aliphatic rings. The Bertz CT molecular complexity index is 840. The molecule has 2 aromatic carbocycles. The first-order valence-corrected chi connectivity index (χ1v) is 10.0. The second-order valence-electron chi connectivity index (χ2n) is 6.96. The number of para-hydroxylation sites is 3. The van der Waals surface area contributed by atoms with Crippen molar-refractivity contribution in [1.82, 2.24) is 0 Å². The van der Waals surface area contributed by atoms with Gasteiger partial charge in [0.1, 0.15) is 5.75 Å². The van der Waals surface area contributed by atoms with Crippen molar-refractivity contribution in [2.75, 3.05) is 23.4 Å². The molecule has 1 fully saturated rings. The number of aryl methyl sites for hydroxylation is 2. The fourth-order valence-corrected chi connectivity index (χ4v) is 3.75. The lowest BCUT2D eigenvalue weighted by Crippen LogP contribution is -2.29. The van der Waals surface area contributed by atoms with Crippen LogP contribution in [-0.4, -0.2) is 25.0 Å². The van der Waals surface area contributed by atoms with Crippen LogP contribution in [-0.2, 0) is 22.4 Å². The van der Waals surface area contributed by atoms with E-state index in [4.69, 9.17) is 4.74 Å². The Morgan fingerprint density at radius 1 is 1.07 bits per heavy atom. The molecule has 0 saturated carbocycles. The molecule has 148 valence electrons. The SMILES string of the molecule is CCOc1ccccc1NC(=O)[C@H]1CC(=O)N(c2c(CC)cccc2CC)C1. The molecule has 2 aromatic rings. The van der Waals surface area contributed by atoms with Gasteiger partial charge in [-0.25, -0.2) is 0 Å². The molecular weight excluding hydrogens is 352 g/mol. The minimum Gasteiger partial charge on any atom is -0.492 e. The third-order valence-corrected chi connectivity index (χ3v) is 5.18. The average molecular weight is 380 g/mol. The number of nitrogens with one attached hydrogen (secondary N) is 1. The number of rotatable bonds is 7. The Kier molecular flexibility index (Phi) is 6.34. The number of benzene rings is 2. The van der Waals surface area contributed by atoms with E-state index in [0.717, 1.165) is 29.7 Å². The maximum absolute atomic E-state index is 12.9. The summed E-state index contributed by atoms with van der Waals surface area (Å²) < 4.78 is 5.58. The highest BCUT2D eigenvalue weighted by Crippen LogP contribution is 2.33. The second kappa shape index (κ2) is 8.91. The molecule has 1 N–H and O–H groups in total. The number of carbonyl (C=O) groups excluding carboxylic acids is 2. The predicted molar refractivity (Wildman–Crippen MR) is 112 cm³/mol. The van der Waals surface area contributed by atoms with E-state index in [1.807, 2.05) is 37.3 Å². The predicted octanol–water partition coefficient (Wildman–Crippen LogP) is 4.20. The van der Waals surface area contributed by atoms with E-state index in [1.165, 1.54) is 0 Å². The molecule has 3 rings (SSSR count). The minimum atomic E-state index is -0.378. The molecule has 0 radical (unpaired) electrons. The van der Waals surface area contributed by atoms with Gasteiger partial charge in [-0.3, -0.25) is 9.59 Å². The van der Waals surface area contributed by atoms with Gasteiger partial charge in [0.25, 0.3) is 0 Å². The van der Waals surface area contributed by atoms with Crippen LogP contribution in [0.1, 0.15) is 38.3 Å². The number of nitrogens with zero attached hydrogens (tertiary/aromatic N) is 1. The number of amides is 2. The lowest BCUT2D eigenvalue weighted by Gasteiger charge is -2.23. The quantitative estimate of drug-likeness (QED) is 0.783. The van der Waals surface area contributed by atoms with Crippen LogP contribution >= 0.6 is 0 Å². The van der Waals surface area contributed by atoms with Crippen LogP contribution in [0.3, 0.4) is 0 Å². The van der Waals surface area contributed by atoms with Gasteiger partial charge in [-0.2, -0.15) is 0 Å². The van der Waals surface area contributed by atoms with Gasteiger partial charge < -0.3 is 15.0 Å². The standard InChI is InChI=1S/C23H28N2O3/c1-4-16-10-9-11-17(5-2)22(16)25-15-18(14-21(25)26)23(27)24-19-12-7-8-13-20(19)28-6-3/h7-13,18H,4-6,14-15H2,1-3H3,(H,24,27)/t18-/m0/s1. The Labute approximate surface area is 166 Å². The number of anilines is 2. The van der Waals surface area contributed by atoms with Crippen molar-refractivity contribution in [2.45, 2.75) is 40.0 Å². The van der Waals surface area contributed by atoms with Gasteiger partial charge in [-0.1, -0.05) is 44.2 Å². The van der Waals surface area contributed by atoms with Gasteiger partial charge in [-0.15, -0.1) is 0 Å². The minimum absolute atomic E-state index is 0.00819. The van der Waals surface area contributed by atoms with Gasteiger partial charge in [0.15, 0.2) is 0 Å². The van der Waals surface area contributed by atoms with Crippen molar-refractivity contribution in [3.8, 4) is 5.75 Å². The smallest absolute Gasteiger partial charge is 0.229 e. The molecule has 5 heteroatoms. The summed E-state index contributed by atoms with van der Waals surface area (Å²) in [5, 5.41) is 2.94. The largest absolute Gasteiger partial charge is 0.492 e. The summed E-state index contributed by atoms with van der Waals surface area (Å²) in [6.45, 7) is 7.02. The van der Waals surface area contributed by atoms with Crippen LogP contribution in [0.15, 0.2) is 42.5 Å². The second-order valence-corrected chi connectivity index (χ2v) is 6.96. The highest BCUT2D eigenvalue weighted by molar-refractivity contribution is 6.04. The van der Waals surface area contributed by atoms with Crippen molar-refractivity contribution in [3.05, 3.63) is 53.6 Å². The summed E-state index contributed by atoms with van der Waals surface area (Å²) in [5.41, 5.74) is 3.93. The fraction of sp³-hybridized carbons (Fsp3) is 0.391. The van der Waals surface area contributed by atoms with E-state index in [-0.39, 0.29) is 24.2 Å². The average Bonchev–Trinajstić information content (AvgIpc) is 3.10. The molecule has 2 amide bonds. The van der Waals surface area contributed by atoms with Crippen molar-refractivity contribution in [3.63, 3.8) is 0 Å². The van der Waals surface area contributed by atoms with E-state index in [0.29, 0.717) is 24.6 Å². The third kappa shape index (κ3) is 4.03. The Balaban J connectivity index is 1.79. The Hall–Kier alpha value is -2.82. The van der Waals surface area contributed by atoms with Crippen LogP contribution in [0.5, 0.6) is 5.75 Å². The number of ether oxygens (including phenoxy) is 1. The molecule has 0 aliphatic carbocycles. The zero-order chi connectivity index (χ0) is 20.1. The van der Waals surface area contributed by atoms with Crippen molar-refractivity contribution >= 4 is 23.2 Å². The van der Waals surface area contributed by atoms with Crippen LogP contribution in [0, 0.1) is 5.92 Å². The first-order chi connectivity index (χ1) is 13.6. The molecule has 1 heterocycles. The van der Waals surface area contributed by atoms with Gasteiger partial charge in [-0.05, 0) is 43.0 Å². The van der Waals surface area contributed by atoms with E-state index in [9.17, 15) is 9.59 Å². The van der Waals surface area contributed by atoms with Gasteiger partial charge >= 0.3 is 0 Å². The van der Waals surface area contributed by atoms with Crippen LogP contribution in [0.4, 0.5) is 11.4 Å². The number of hydrogen-bond acceptors (Lipinski definition) is 3. The monoisotopic (exact) mass is 380 g/mol.